The van der Waals surface area contributed by atoms with E-state index in [4.69, 9.17) is 4.74 Å². The van der Waals surface area contributed by atoms with Gasteiger partial charge >= 0.3 is 0 Å². The molecule has 35 heavy (non-hydrogen) atoms. The standard InChI is InChI=1S/C27H25F2N3O3/c1-17(33)31-21-9-5-8-19(12-21)27(34)32-26-14-23(24(29)15-30-26)22-11-10-20(28)13-25(22)35-16-18-6-3-2-4-7-18/h2-4,6-7,10-11,13-15,19H,5,8-9,12,16H2,1H3,(H,30,32,34)/t19-/m0/s1. The number of anilines is 1. The van der Waals surface area contributed by atoms with Crippen LogP contribution in [0.25, 0.3) is 11.1 Å². The molecule has 1 heterocycles. The number of aliphatic imine (C=N–C) groups is 1. The Bertz CT molecular complexity index is 1260. The van der Waals surface area contributed by atoms with Crippen molar-refractivity contribution < 1.29 is 23.1 Å². The molecule has 0 bridgehead atoms. The molecule has 0 radical (unpaired) electrons. The summed E-state index contributed by atoms with van der Waals surface area (Å²) in [4.78, 5) is 32.1. The molecule has 1 aliphatic rings. The van der Waals surface area contributed by atoms with E-state index in [2.05, 4.69) is 15.3 Å². The zero-order valence-electron chi connectivity index (χ0n) is 19.3. The molecule has 1 atom stereocenters. The van der Waals surface area contributed by atoms with Gasteiger partial charge in [0.15, 0.2) is 0 Å². The van der Waals surface area contributed by atoms with E-state index in [1.807, 2.05) is 30.3 Å². The van der Waals surface area contributed by atoms with Crippen molar-refractivity contribution in [1.82, 2.24) is 4.98 Å². The van der Waals surface area contributed by atoms with Crippen molar-refractivity contribution in [3.8, 4) is 16.9 Å². The van der Waals surface area contributed by atoms with E-state index in [0.29, 0.717) is 30.5 Å². The molecule has 1 aliphatic carbocycles. The average Bonchev–Trinajstić information content (AvgIpc) is 2.84. The first-order valence-electron chi connectivity index (χ1n) is 11.4. The van der Waals surface area contributed by atoms with Crippen molar-refractivity contribution in [2.24, 2.45) is 10.9 Å². The van der Waals surface area contributed by atoms with Crippen LogP contribution in [-0.2, 0) is 16.2 Å². The van der Waals surface area contributed by atoms with Crippen LogP contribution in [0.3, 0.4) is 0 Å². The van der Waals surface area contributed by atoms with Crippen LogP contribution in [0.1, 0.15) is 38.2 Å². The van der Waals surface area contributed by atoms with Crippen LogP contribution in [0, 0.1) is 17.6 Å². The first kappa shape index (κ1) is 24.2. The minimum Gasteiger partial charge on any atom is -0.488 e. The van der Waals surface area contributed by atoms with Gasteiger partial charge in [-0.3, -0.25) is 9.59 Å². The van der Waals surface area contributed by atoms with Gasteiger partial charge in [0.05, 0.1) is 6.20 Å². The number of nitrogens with zero attached hydrogens (tertiary/aromatic N) is 2. The Balaban J connectivity index is 1.55. The lowest BCUT2D eigenvalue weighted by Gasteiger charge is -2.22. The van der Waals surface area contributed by atoms with Crippen LogP contribution < -0.4 is 10.1 Å². The fraction of sp³-hybridized carbons (Fsp3) is 0.259. The third-order valence-corrected chi connectivity index (χ3v) is 5.76. The van der Waals surface area contributed by atoms with Crippen LogP contribution >= 0.6 is 0 Å². The largest absolute Gasteiger partial charge is 0.488 e. The van der Waals surface area contributed by atoms with Crippen LogP contribution in [0.4, 0.5) is 14.6 Å². The average molecular weight is 478 g/mol. The van der Waals surface area contributed by atoms with Crippen molar-refractivity contribution in [2.45, 2.75) is 39.2 Å². The lowest BCUT2D eigenvalue weighted by molar-refractivity contribution is -0.120. The number of amides is 2. The van der Waals surface area contributed by atoms with E-state index in [1.54, 1.807) is 0 Å². The zero-order chi connectivity index (χ0) is 24.8. The van der Waals surface area contributed by atoms with Crippen LogP contribution in [0.5, 0.6) is 5.75 Å². The van der Waals surface area contributed by atoms with Gasteiger partial charge in [0.1, 0.15) is 29.8 Å². The van der Waals surface area contributed by atoms with Gasteiger partial charge < -0.3 is 10.1 Å². The highest BCUT2D eigenvalue weighted by atomic mass is 19.1. The zero-order valence-corrected chi connectivity index (χ0v) is 19.3. The number of hydrogen-bond donors (Lipinski definition) is 1. The van der Waals surface area contributed by atoms with E-state index < -0.39 is 11.6 Å². The molecule has 1 saturated carbocycles. The van der Waals surface area contributed by atoms with Crippen LogP contribution in [0.2, 0.25) is 0 Å². The van der Waals surface area contributed by atoms with Gasteiger partial charge in [-0.1, -0.05) is 30.3 Å². The summed E-state index contributed by atoms with van der Waals surface area (Å²) >= 11 is 0. The van der Waals surface area contributed by atoms with Gasteiger partial charge in [-0.2, -0.15) is 0 Å². The number of hydrogen-bond acceptors (Lipinski definition) is 4. The predicted octanol–water partition coefficient (Wildman–Crippen LogP) is 5.72. The molecule has 6 nitrogen and oxygen atoms in total. The molecular formula is C27H25F2N3O3. The molecule has 180 valence electrons. The SMILES string of the molecule is CC(=O)N=C1CCC[C@H](C(=O)Nc2cc(-c3ccc(F)cc3OCc3ccccc3)c(F)cn2)C1. The maximum atomic E-state index is 14.8. The Morgan fingerprint density at radius 1 is 1.11 bits per heavy atom. The van der Waals surface area contributed by atoms with Gasteiger partial charge in [-0.25, -0.2) is 18.8 Å². The molecule has 0 unspecified atom stereocenters. The summed E-state index contributed by atoms with van der Waals surface area (Å²) in [6.45, 7) is 1.56. The summed E-state index contributed by atoms with van der Waals surface area (Å²) in [5.41, 5.74) is 2.06. The molecule has 8 heteroatoms. The van der Waals surface area contributed by atoms with Crippen molar-refractivity contribution in [3.63, 3.8) is 0 Å². The Labute approximate surface area is 202 Å². The number of rotatable bonds is 6. The molecule has 2 amide bonds. The Hall–Kier alpha value is -3.94. The first-order valence-corrected chi connectivity index (χ1v) is 11.4. The number of aromatic nitrogens is 1. The highest BCUT2D eigenvalue weighted by molar-refractivity contribution is 6.00. The third-order valence-electron chi connectivity index (χ3n) is 5.76. The highest BCUT2D eigenvalue weighted by Crippen LogP contribution is 2.34. The minimum atomic E-state index is -0.632. The first-order chi connectivity index (χ1) is 16.9. The van der Waals surface area contributed by atoms with Crippen molar-refractivity contribution in [2.75, 3.05) is 5.32 Å². The second-order valence-electron chi connectivity index (χ2n) is 8.44. The monoisotopic (exact) mass is 477 g/mol. The number of benzene rings is 2. The highest BCUT2D eigenvalue weighted by Gasteiger charge is 2.25. The molecule has 1 aromatic heterocycles. The Morgan fingerprint density at radius 2 is 1.91 bits per heavy atom. The van der Waals surface area contributed by atoms with E-state index in [-0.39, 0.29) is 41.5 Å². The lowest BCUT2D eigenvalue weighted by Crippen LogP contribution is -2.28. The van der Waals surface area contributed by atoms with Gasteiger partial charge in [0, 0.05) is 35.7 Å². The summed E-state index contributed by atoms with van der Waals surface area (Å²) < 4.78 is 34.6. The number of nitrogens with one attached hydrogen (secondary N) is 1. The maximum absolute atomic E-state index is 14.8. The minimum absolute atomic E-state index is 0.126. The van der Waals surface area contributed by atoms with E-state index in [9.17, 15) is 18.4 Å². The van der Waals surface area contributed by atoms with Gasteiger partial charge in [0.2, 0.25) is 11.8 Å². The molecule has 4 rings (SSSR count). The van der Waals surface area contributed by atoms with Gasteiger partial charge in [0.25, 0.3) is 0 Å². The molecule has 0 aliphatic heterocycles. The molecule has 1 N–H and O–H groups in total. The summed E-state index contributed by atoms with van der Waals surface area (Å²) in [6.07, 6.45) is 3.52. The fourth-order valence-corrected chi connectivity index (χ4v) is 4.10. The summed E-state index contributed by atoms with van der Waals surface area (Å²) in [5, 5.41) is 2.74. The Morgan fingerprint density at radius 3 is 2.69 bits per heavy atom. The number of carbonyl (C=O) groups excluding carboxylic acids is 2. The summed E-state index contributed by atoms with van der Waals surface area (Å²) in [5.74, 6) is -1.71. The van der Waals surface area contributed by atoms with Gasteiger partial charge in [-0.05, 0) is 49.4 Å². The number of carbonyl (C=O) groups is 2. The van der Waals surface area contributed by atoms with Crippen LogP contribution in [-0.4, -0.2) is 22.5 Å². The predicted molar refractivity (Wildman–Crippen MR) is 129 cm³/mol. The van der Waals surface area contributed by atoms with Gasteiger partial charge in [-0.15, -0.1) is 0 Å². The topological polar surface area (TPSA) is 80.7 Å². The summed E-state index contributed by atoms with van der Waals surface area (Å²) in [7, 11) is 0. The second-order valence-corrected chi connectivity index (χ2v) is 8.44. The van der Waals surface area contributed by atoms with E-state index >= 15 is 0 Å². The molecular weight excluding hydrogens is 452 g/mol. The smallest absolute Gasteiger partial charge is 0.242 e. The van der Waals surface area contributed by atoms with E-state index in [1.165, 1.54) is 31.2 Å². The molecule has 2 aromatic carbocycles. The maximum Gasteiger partial charge on any atom is 0.242 e. The molecule has 1 fully saturated rings. The second kappa shape index (κ2) is 11.0. The molecule has 0 saturated heterocycles. The van der Waals surface area contributed by atoms with Crippen molar-refractivity contribution in [3.05, 3.63) is 78.0 Å². The molecule has 3 aromatic rings. The summed E-state index contributed by atoms with van der Waals surface area (Å²) in [6, 6.07) is 14.6. The van der Waals surface area contributed by atoms with Crippen LogP contribution in [0.15, 0.2) is 65.8 Å². The molecule has 0 spiro atoms. The Kier molecular flexibility index (Phi) is 7.60. The lowest BCUT2D eigenvalue weighted by atomic mass is 9.87. The third kappa shape index (κ3) is 6.35. The van der Waals surface area contributed by atoms with E-state index in [0.717, 1.165) is 18.2 Å². The number of halogens is 2. The number of ether oxygens (including phenoxy) is 1. The normalized spacial score (nSPS) is 16.7. The quantitative estimate of drug-likeness (QED) is 0.492. The number of pyridine rings is 1. The van der Waals surface area contributed by atoms with Crippen molar-refractivity contribution >= 4 is 23.3 Å². The van der Waals surface area contributed by atoms with Crippen molar-refractivity contribution in [1.29, 1.82) is 0 Å². The fourth-order valence-electron chi connectivity index (χ4n) is 4.10.